The first kappa shape index (κ1) is 18.6. The van der Waals surface area contributed by atoms with Crippen molar-refractivity contribution in [3.8, 4) is 10.6 Å². The molecule has 1 N–H and O–H groups in total. The molecule has 144 valence electrons. The molecule has 2 fully saturated rings. The van der Waals surface area contributed by atoms with E-state index in [1.54, 1.807) is 12.1 Å². The van der Waals surface area contributed by atoms with E-state index < -0.39 is 0 Å². The van der Waals surface area contributed by atoms with Gasteiger partial charge in [0.25, 0.3) is 5.91 Å². The number of piperidine rings is 2. The first-order valence-electron chi connectivity index (χ1n) is 9.87. The average Bonchev–Trinajstić information content (AvgIpc) is 3.08. The molecule has 2 aromatic rings. The Morgan fingerprint density at radius 1 is 1.22 bits per heavy atom. The van der Waals surface area contributed by atoms with Gasteiger partial charge in [-0.05, 0) is 75.9 Å². The number of halogens is 1. The van der Waals surface area contributed by atoms with Gasteiger partial charge in [-0.15, -0.1) is 11.3 Å². The third kappa shape index (κ3) is 4.06. The summed E-state index contributed by atoms with van der Waals surface area (Å²) in [5.74, 6) is 0.244. The zero-order valence-electron chi connectivity index (χ0n) is 15.7. The number of hydrogen-bond donors (Lipinski definition) is 1. The normalized spacial score (nSPS) is 23.0. The van der Waals surface area contributed by atoms with Gasteiger partial charge in [-0.25, -0.2) is 9.37 Å². The van der Waals surface area contributed by atoms with Crippen LogP contribution in [-0.2, 0) is 0 Å². The van der Waals surface area contributed by atoms with E-state index in [1.807, 2.05) is 6.92 Å². The molecule has 6 heteroatoms. The number of aromatic nitrogens is 1. The molecule has 2 aliphatic heterocycles. The Morgan fingerprint density at radius 2 is 2.00 bits per heavy atom. The van der Waals surface area contributed by atoms with E-state index in [9.17, 15) is 9.18 Å². The summed E-state index contributed by atoms with van der Waals surface area (Å²) in [4.78, 5) is 20.5. The van der Waals surface area contributed by atoms with Crippen LogP contribution in [-0.4, -0.2) is 41.5 Å². The lowest BCUT2D eigenvalue weighted by atomic mass is 9.83. The molecule has 4 nitrogen and oxygen atoms in total. The van der Waals surface area contributed by atoms with Crippen LogP contribution in [0.15, 0.2) is 24.3 Å². The quantitative estimate of drug-likeness (QED) is 0.853. The van der Waals surface area contributed by atoms with E-state index >= 15 is 0 Å². The fraction of sp³-hybridized carbons (Fsp3) is 0.524. The molecule has 2 saturated heterocycles. The number of fused-ring (bicyclic) bond motifs is 1. The molecule has 1 aromatic carbocycles. The summed E-state index contributed by atoms with van der Waals surface area (Å²) in [7, 11) is 0. The van der Waals surface area contributed by atoms with E-state index in [0.29, 0.717) is 16.8 Å². The van der Waals surface area contributed by atoms with Crippen molar-refractivity contribution in [2.24, 2.45) is 5.92 Å². The minimum absolute atomic E-state index is 0.0358. The number of nitrogens with one attached hydrogen (secondary N) is 1. The molecular formula is C21H26FN3OS. The molecule has 0 spiro atoms. The van der Waals surface area contributed by atoms with E-state index in [0.717, 1.165) is 22.8 Å². The Kier molecular flexibility index (Phi) is 5.55. The standard InChI is InChI=1S/C21H26FN3OS/c1-14-19(27-21(24-14)15-7-9-17(22)10-8-15)20(26)23-13-16-5-4-12-25-11-3-2-6-18(16)25/h7-10,16,18H,2-6,11-13H2,1H3,(H,23,26)/t16-,18-/m1/s1. The first-order chi connectivity index (χ1) is 13.1. The van der Waals surface area contributed by atoms with Crippen molar-refractivity contribution in [1.29, 1.82) is 0 Å². The average molecular weight is 388 g/mol. The number of hydrogen-bond acceptors (Lipinski definition) is 4. The summed E-state index contributed by atoms with van der Waals surface area (Å²) < 4.78 is 13.1. The Balaban J connectivity index is 1.42. The third-order valence-corrected chi connectivity index (χ3v) is 7.05. The van der Waals surface area contributed by atoms with Gasteiger partial charge < -0.3 is 10.2 Å². The van der Waals surface area contributed by atoms with E-state index in [2.05, 4.69) is 15.2 Å². The Labute approximate surface area is 163 Å². The highest BCUT2D eigenvalue weighted by molar-refractivity contribution is 7.17. The van der Waals surface area contributed by atoms with Gasteiger partial charge in [0.05, 0.1) is 5.69 Å². The van der Waals surface area contributed by atoms with Crippen LogP contribution in [0.5, 0.6) is 0 Å². The summed E-state index contributed by atoms with van der Waals surface area (Å²) in [5.41, 5.74) is 1.58. The fourth-order valence-electron chi connectivity index (χ4n) is 4.44. The van der Waals surface area contributed by atoms with Crippen molar-refractivity contribution in [3.63, 3.8) is 0 Å². The summed E-state index contributed by atoms with van der Waals surface area (Å²) in [6.45, 7) is 5.03. The molecule has 2 atom stereocenters. The second kappa shape index (κ2) is 8.07. The summed E-state index contributed by atoms with van der Waals surface area (Å²) in [6.07, 6.45) is 6.30. The predicted octanol–water partition coefficient (Wildman–Crippen LogP) is 4.25. The van der Waals surface area contributed by atoms with Crippen molar-refractivity contribution < 1.29 is 9.18 Å². The van der Waals surface area contributed by atoms with Crippen LogP contribution in [0.3, 0.4) is 0 Å². The molecule has 2 aliphatic rings. The van der Waals surface area contributed by atoms with E-state index in [4.69, 9.17) is 0 Å². The monoisotopic (exact) mass is 387 g/mol. The lowest BCUT2D eigenvalue weighted by Crippen LogP contribution is -2.50. The predicted molar refractivity (Wildman–Crippen MR) is 107 cm³/mol. The van der Waals surface area contributed by atoms with Gasteiger partial charge in [0, 0.05) is 18.2 Å². The smallest absolute Gasteiger partial charge is 0.263 e. The van der Waals surface area contributed by atoms with Crippen LogP contribution in [0.1, 0.15) is 47.5 Å². The first-order valence-corrected chi connectivity index (χ1v) is 10.7. The maximum absolute atomic E-state index is 13.1. The Bertz CT molecular complexity index is 802. The SMILES string of the molecule is Cc1nc(-c2ccc(F)cc2)sc1C(=O)NC[C@H]1CCCN2CCCC[C@H]12. The molecule has 1 aromatic heterocycles. The van der Waals surface area contributed by atoms with Gasteiger partial charge in [-0.3, -0.25) is 4.79 Å². The highest BCUT2D eigenvalue weighted by Gasteiger charge is 2.33. The van der Waals surface area contributed by atoms with Crippen LogP contribution < -0.4 is 5.32 Å². The number of rotatable bonds is 4. The van der Waals surface area contributed by atoms with Crippen molar-refractivity contribution in [2.45, 2.75) is 45.1 Å². The number of aryl methyl sites for hydroxylation is 1. The van der Waals surface area contributed by atoms with Crippen LogP contribution in [0.25, 0.3) is 10.6 Å². The minimum atomic E-state index is -0.269. The number of nitrogens with zero attached hydrogens (tertiary/aromatic N) is 2. The van der Waals surface area contributed by atoms with Gasteiger partial charge in [0.15, 0.2) is 0 Å². The molecule has 0 radical (unpaired) electrons. The molecule has 3 heterocycles. The van der Waals surface area contributed by atoms with Gasteiger partial charge in [0.1, 0.15) is 15.7 Å². The topological polar surface area (TPSA) is 45.2 Å². The lowest BCUT2D eigenvalue weighted by Gasteiger charge is -2.44. The summed E-state index contributed by atoms with van der Waals surface area (Å²) >= 11 is 1.38. The number of amides is 1. The number of benzene rings is 1. The number of carbonyl (C=O) groups excluding carboxylic acids is 1. The van der Waals surface area contributed by atoms with E-state index in [-0.39, 0.29) is 11.7 Å². The Morgan fingerprint density at radius 3 is 2.81 bits per heavy atom. The second-order valence-electron chi connectivity index (χ2n) is 7.65. The molecule has 1 amide bonds. The highest BCUT2D eigenvalue weighted by atomic mass is 32.1. The number of thiazole rings is 1. The van der Waals surface area contributed by atoms with Gasteiger partial charge in [0.2, 0.25) is 0 Å². The van der Waals surface area contributed by atoms with Crippen LogP contribution in [0.2, 0.25) is 0 Å². The fourth-order valence-corrected chi connectivity index (χ4v) is 5.43. The van der Waals surface area contributed by atoms with Crippen molar-refractivity contribution >= 4 is 17.2 Å². The molecule has 0 bridgehead atoms. The molecule has 4 rings (SSSR count). The minimum Gasteiger partial charge on any atom is -0.351 e. The molecule has 0 aliphatic carbocycles. The van der Waals surface area contributed by atoms with Crippen LogP contribution in [0.4, 0.5) is 4.39 Å². The van der Waals surface area contributed by atoms with Crippen molar-refractivity contribution in [1.82, 2.24) is 15.2 Å². The second-order valence-corrected chi connectivity index (χ2v) is 8.65. The largest absolute Gasteiger partial charge is 0.351 e. The van der Waals surface area contributed by atoms with E-state index in [1.165, 1.54) is 68.7 Å². The van der Waals surface area contributed by atoms with Crippen LogP contribution >= 0.6 is 11.3 Å². The zero-order valence-corrected chi connectivity index (χ0v) is 16.5. The maximum Gasteiger partial charge on any atom is 0.263 e. The van der Waals surface area contributed by atoms with Gasteiger partial charge in [-0.1, -0.05) is 6.42 Å². The number of carbonyl (C=O) groups is 1. The van der Waals surface area contributed by atoms with Crippen molar-refractivity contribution in [2.75, 3.05) is 19.6 Å². The third-order valence-electron chi connectivity index (χ3n) is 5.85. The molecule has 0 unspecified atom stereocenters. The zero-order chi connectivity index (χ0) is 18.8. The summed E-state index contributed by atoms with van der Waals surface area (Å²) in [6, 6.07) is 6.88. The molecular weight excluding hydrogens is 361 g/mol. The highest BCUT2D eigenvalue weighted by Crippen LogP contribution is 2.31. The van der Waals surface area contributed by atoms with Crippen molar-refractivity contribution in [3.05, 3.63) is 40.7 Å². The van der Waals surface area contributed by atoms with Crippen LogP contribution in [0, 0.1) is 18.7 Å². The molecule has 27 heavy (non-hydrogen) atoms. The van der Waals surface area contributed by atoms with Gasteiger partial charge >= 0.3 is 0 Å². The summed E-state index contributed by atoms with van der Waals surface area (Å²) in [5, 5.41) is 3.92. The Hall–Kier alpha value is -1.79. The van der Waals surface area contributed by atoms with Gasteiger partial charge in [-0.2, -0.15) is 0 Å². The maximum atomic E-state index is 13.1. The lowest BCUT2D eigenvalue weighted by molar-refractivity contribution is 0.0576. The molecule has 0 saturated carbocycles.